The molecule has 0 amide bonds. The molecule has 180 valence electrons. The number of phenolic OH excluding ortho intramolecular Hbond substituents is 2. The molecular formula is C27H31NO6. The molecule has 7 nitrogen and oxygen atoms in total. The van der Waals surface area contributed by atoms with Gasteiger partial charge in [0.1, 0.15) is 22.8 Å². The van der Waals surface area contributed by atoms with E-state index in [9.17, 15) is 19.8 Å². The summed E-state index contributed by atoms with van der Waals surface area (Å²) in [5, 5.41) is 21.4. The SMILES string of the molecule is CC(C)=CCc1c(O)cc(O)c2c1OC13C(=CC4C(=O)C1(CC=C(C)C)OCC3C4CN)C2=O. The number of fused-ring (bicyclic) bond motifs is 1. The maximum absolute atomic E-state index is 13.9. The number of benzene rings is 1. The Bertz CT molecular complexity index is 1200. The van der Waals surface area contributed by atoms with Crippen molar-refractivity contribution in [2.75, 3.05) is 13.2 Å². The summed E-state index contributed by atoms with van der Waals surface area (Å²) in [5.74, 6) is -1.96. The molecule has 4 N–H and O–H groups in total. The van der Waals surface area contributed by atoms with Gasteiger partial charge in [-0.2, -0.15) is 0 Å². The quantitative estimate of drug-likeness (QED) is 0.571. The fourth-order valence-corrected chi connectivity index (χ4v) is 6.30. The van der Waals surface area contributed by atoms with Crippen LogP contribution in [0, 0.1) is 17.8 Å². The molecule has 2 aliphatic heterocycles. The van der Waals surface area contributed by atoms with Crippen LogP contribution in [0.15, 0.2) is 41.0 Å². The number of hydrogen-bond donors (Lipinski definition) is 3. The van der Waals surface area contributed by atoms with Crippen LogP contribution in [0.2, 0.25) is 0 Å². The van der Waals surface area contributed by atoms with Crippen molar-refractivity contribution in [2.24, 2.45) is 23.5 Å². The van der Waals surface area contributed by atoms with E-state index in [1.807, 2.05) is 39.8 Å². The number of phenols is 2. The van der Waals surface area contributed by atoms with Crippen LogP contribution in [0.25, 0.3) is 0 Å². The summed E-state index contributed by atoms with van der Waals surface area (Å²) in [6.07, 6.45) is 6.13. The lowest BCUT2D eigenvalue weighted by atomic mass is 9.49. The number of carbonyl (C=O) groups is 2. The molecule has 5 unspecified atom stereocenters. The molecule has 1 saturated heterocycles. The van der Waals surface area contributed by atoms with Crippen LogP contribution in [0.3, 0.4) is 0 Å². The molecular weight excluding hydrogens is 434 g/mol. The van der Waals surface area contributed by atoms with Crippen molar-refractivity contribution in [3.05, 3.63) is 52.1 Å². The number of hydrogen-bond acceptors (Lipinski definition) is 7. The predicted molar refractivity (Wildman–Crippen MR) is 126 cm³/mol. The van der Waals surface area contributed by atoms with Crippen LogP contribution in [0.4, 0.5) is 0 Å². The normalized spacial score (nSPS) is 32.5. The average molecular weight is 466 g/mol. The Kier molecular flexibility index (Phi) is 5.08. The van der Waals surface area contributed by atoms with E-state index >= 15 is 0 Å². The van der Waals surface area contributed by atoms with Gasteiger partial charge in [0.15, 0.2) is 22.8 Å². The highest BCUT2D eigenvalue weighted by Crippen LogP contribution is 2.65. The zero-order valence-electron chi connectivity index (χ0n) is 20.0. The first kappa shape index (κ1) is 22.9. The Morgan fingerprint density at radius 2 is 1.85 bits per heavy atom. The molecule has 5 atom stereocenters. The Balaban J connectivity index is 1.80. The topological polar surface area (TPSA) is 119 Å². The highest BCUT2D eigenvalue weighted by molar-refractivity contribution is 6.18. The third-order valence-electron chi connectivity index (χ3n) is 7.92. The van der Waals surface area contributed by atoms with Gasteiger partial charge in [0.25, 0.3) is 0 Å². The van der Waals surface area contributed by atoms with Crippen LogP contribution in [-0.4, -0.2) is 46.1 Å². The van der Waals surface area contributed by atoms with Crippen LogP contribution < -0.4 is 10.5 Å². The van der Waals surface area contributed by atoms with Crippen molar-refractivity contribution in [1.82, 2.24) is 0 Å². The second-order valence-electron chi connectivity index (χ2n) is 10.3. The Labute approximate surface area is 198 Å². The van der Waals surface area contributed by atoms with Crippen molar-refractivity contribution in [3.63, 3.8) is 0 Å². The monoisotopic (exact) mass is 465 g/mol. The van der Waals surface area contributed by atoms with Gasteiger partial charge in [0.2, 0.25) is 0 Å². The molecule has 0 radical (unpaired) electrons. The first-order chi connectivity index (χ1) is 16.1. The second-order valence-corrected chi connectivity index (χ2v) is 10.3. The predicted octanol–water partition coefficient (Wildman–Crippen LogP) is 3.38. The van der Waals surface area contributed by atoms with Crippen molar-refractivity contribution in [3.8, 4) is 17.2 Å². The lowest BCUT2D eigenvalue weighted by Gasteiger charge is -2.58. The minimum absolute atomic E-state index is 0.0212. The fraction of sp³-hybridized carbons (Fsp3) is 0.481. The molecule has 1 saturated carbocycles. The van der Waals surface area contributed by atoms with Crippen molar-refractivity contribution in [2.45, 2.75) is 51.7 Å². The largest absolute Gasteiger partial charge is 0.507 e. The van der Waals surface area contributed by atoms with Crippen LogP contribution in [0.1, 0.15) is 50.0 Å². The van der Waals surface area contributed by atoms with E-state index in [0.29, 0.717) is 17.6 Å². The summed E-state index contributed by atoms with van der Waals surface area (Å²) in [7, 11) is 0. The van der Waals surface area contributed by atoms with E-state index in [1.54, 1.807) is 6.08 Å². The molecule has 34 heavy (non-hydrogen) atoms. The van der Waals surface area contributed by atoms with E-state index in [2.05, 4.69) is 0 Å². The van der Waals surface area contributed by atoms with Gasteiger partial charge in [-0.15, -0.1) is 0 Å². The van der Waals surface area contributed by atoms with Crippen LogP contribution in [-0.2, 0) is 16.0 Å². The number of allylic oxidation sites excluding steroid dienone is 4. The van der Waals surface area contributed by atoms with E-state index in [1.165, 1.54) is 6.07 Å². The van der Waals surface area contributed by atoms with Gasteiger partial charge in [-0.3, -0.25) is 9.59 Å². The van der Waals surface area contributed by atoms with Gasteiger partial charge in [-0.25, -0.2) is 0 Å². The molecule has 4 bridgehead atoms. The summed E-state index contributed by atoms with van der Waals surface area (Å²) in [5.41, 5.74) is 6.23. The third-order valence-corrected chi connectivity index (χ3v) is 7.92. The molecule has 0 aromatic heterocycles. The first-order valence-corrected chi connectivity index (χ1v) is 11.8. The van der Waals surface area contributed by atoms with Crippen LogP contribution in [0.5, 0.6) is 17.2 Å². The number of ketones is 2. The van der Waals surface area contributed by atoms with Gasteiger partial charge in [0, 0.05) is 35.5 Å². The van der Waals surface area contributed by atoms with Crippen molar-refractivity contribution >= 4 is 11.6 Å². The Hall–Kier alpha value is -2.90. The van der Waals surface area contributed by atoms with E-state index in [-0.39, 0.29) is 65.8 Å². The van der Waals surface area contributed by atoms with E-state index in [0.717, 1.165) is 11.1 Å². The molecule has 5 aliphatic rings. The number of rotatable bonds is 5. The van der Waals surface area contributed by atoms with Gasteiger partial charge < -0.3 is 25.4 Å². The molecule has 3 aliphatic carbocycles. The molecule has 2 heterocycles. The van der Waals surface area contributed by atoms with Gasteiger partial charge in [-0.05, 0) is 46.6 Å². The first-order valence-electron chi connectivity index (χ1n) is 11.8. The minimum Gasteiger partial charge on any atom is -0.507 e. The summed E-state index contributed by atoms with van der Waals surface area (Å²) in [6.45, 7) is 8.27. The Morgan fingerprint density at radius 3 is 2.50 bits per heavy atom. The fourth-order valence-electron chi connectivity index (χ4n) is 6.30. The maximum atomic E-state index is 13.9. The zero-order chi connectivity index (χ0) is 24.6. The van der Waals surface area contributed by atoms with Gasteiger partial charge in [-0.1, -0.05) is 29.4 Å². The number of nitrogens with two attached hydrogens (primary N) is 1. The zero-order valence-corrected chi connectivity index (χ0v) is 20.0. The summed E-state index contributed by atoms with van der Waals surface area (Å²) >= 11 is 0. The molecule has 1 spiro atoms. The molecule has 2 fully saturated rings. The summed E-state index contributed by atoms with van der Waals surface area (Å²) in [4.78, 5) is 27.8. The lowest BCUT2D eigenvalue weighted by molar-refractivity contribution is -0.170. The van der Waals surface area contributed by atoms with Gasteiger partial charge in [0.05, 0.1) is 6.61 Å². The molecule has 7 heteroatoms. The number of ether oxygens (including phenoxy) is 2. The number of Topliss-reactive ketones (excluding diaryl/α,β-unsaturated/α-hetero) is 2. The number of carbonyl (C=O) groups excluding carboxylic acids is 2. The number of aromatic hydroxyl groups is 2. The maximum Gasteiger partial charge on any atom is 0.200 e. The molecule has 1 aromatic rings. The van der Waals surface area contributed by atoms with Crippen molar-refractivity contribution < 1.29 is 29.3 Å². The molecule has 6 rings (SSSR count). The van der Waals surface area contributed by atoms with E-state index < -0.39 is 17.1 Å². The van der Waals surface area contributed by atoms with Crippen LogP contribution >= 0.6 is 0 Å². The average Bonchev–Trinajstić information content (AvgIpc) is 3.04. The minimum atomic E-state index is -1.36. The van der Waals surface area contributed by atoms with Crippen molar-refractivity contribution in [1.29, 1.82) is 0 Å². The highest BCUT2D eigenvalue weighted by atomic mass is 16.6. The standard InChI is InChI=1S/C27H31NO6/c1-13(2)5-6-15-20(29)10-21(30)22-23(31)18-9-16-17(11-28)19-12-33-26(25(16)32,8-7-14(3)4)27(18,19)34-24(15)22/h5,7,9-10,16-17,19,29-30H,6,8,11-12,28H2,1-4H3. The van der Waals surface area contributed by atoms with Gasteiger partial charge >= 0.3 is 0 Å². The Morgan fingerprint density at radius 1 is 1.15 bits per heavy atom. The molecule has 1 aromatic carbocycles. The highest BCUT2D eigenvalue weighted by Gasteiger charge is 2.79. The van der Waals surface area contributed by atoms with E-state index in [4.69, 9.17) is 15.2 Å². The lowest BCUT2D eigenvalue weighted by Crippen LogP contribution is -2.74. The second kappa shape index (κ2) is 7.55. The third kappa shape index (κ3) is 2.71. The smallest absolute Gasteiger partial charge is 0.200 e. The summed E-state index contributed by atoms with van der Waals surface area (Å²) in [6, 6.07) is 1.19. The summed E-state index contributed by atoms with van der Waals surface area (Å²) < 4.78 is 13.1.